The van der Waals surface area contributed by atoms with Crippen molar-refractivity contribution < 1.29 is 9.32 Å². The van der Waals surface area contributed by atoms with Crippen LogP contribution in [0.4, 0.5) is 5.82 Å². The molecule has 5 rings (SSSR count). The second kappa shape index (κ2) is 7.22. The number of carbonyl (C=O) groups is 1. The van der Waals surface area contributed by atoms with Gasteiger partial charge in [0, 0.05) is 36.8 Å². The van der Waals surface area contributed by atoms with Crippen molar-refractivity contribution in [3.63, 3.8) is 0 Å². The van der Waals surface area contributed by atoms with E-state index in [9.17, 15) is 4.79 Å². The fraction of sp³-hybridized carbons (Fsp3) is 0.429. The van der Waals surface area contributed by atoms with Crippen LogP contribution in [0.15, 0.2) is 47.4 Å². The first-order valence-electron chi connectivity index (χ1n) is 9.95. The minimum absolute atomic E-state index is 0.123. The molecular weight excluding hydrogens is 354 g/mol. The number of para-hydroxylation sites is 1. The first kappa shape index (κ1) is 17.2. The van der Waals surface area contributed by atoms with E-state index in [1.807, 2.05) is 35.2 Å². The fourth-order valence-electron chi connectivity index (χ4n) is 4.18. The molecule has 1 aliphatic heterocycles. The minimum atomic E-state index is 0.123. The zero-order valence-electron chi connectivity index (χ0n) is 15.7. The molecule has 1 saturated carbocycles. The molecule has 28 heavy (non-hydrogen) atoms. The number of benzene rings is 1. The van der Waals surface area contributed by atoms with Crippen LogP contribution < -0.4 is 4.90 Å². The highest BCUT2D eigenvalue weighted by Crippen LogP contribution is 2.35. The van der Waals surface area contributed by atoms with Crippen molar-refractivity contribution in [1.82, 2.24) is 20.0 Å². The monoisotopic (exact) mass is 377 g/mol. The Hall–Kier alpha value is -2.96. The average Bonchev–Trinajstić information content (AvgIpc) is 3.50. The molecule has 144 valence electrons. The average molecular weight is 377 g/mol. The molecule has 7 nitrogen and oxygen atoms in total. The number of hydrogen-bond acceptors (Lipinski definition) is 6. The predicted molar refractivity (Wildman–Crippen MR) is 105 cm³/mol. The molecule has 0 atom stereocenters. The van der Waals surface area contributed by atoms with Crippen molar-refractivity contribution >= 4 is 22.7 Å². The van der Waals surface area contributed by atoms with Gasteiger partial charge in [0.2, 0.25) is 5.91 Å². The molecule has 3 heterocycles. The summed E-state index contributed by atoms with van der Waals surface area (Å²) in [6.07, 6.45) is 8.09. The highest BCUT2D eigenvalue weighted by molar-refractivity contribution is 5.86. The topological polar surface area (TPSA) is 75.4 Å². The lowest BCUT2D eigenvalue weighted by Gasteiger charge is -2.39. The van der Waals surface area contributed by atoms with Crippen molar-refractivity contribution in [2.45, 2.75) is 44.2 Å². The van der Waals surface area contributed by atoms with E-state index in [4.69, 9.17) is 4.52 Å². The molecule has 2 aliphatic rings. The normalized spacial score (nSPS) is 17.8. The lowest BCUT2D eigenvalue weighted by Crippen LogP contribution is -2.48. The zero-order chi connectivity index (χ0) is 18.9. The van der Waals surface area contributed by atoms with Crippen LogP contribution >= 0.6 is 0 Å². The molecule has 3 aromatic rings. The van der Waals surface area contributed by atoms with Crippen LogP contribution in [-0.4, -0.2) is 51.1 Å². The molecular formula is C21H23N5O2. The Morgan fingerprint density at radius 3 is 2.64 bits per heavy atom. The number of rotatable bonds is 5. The van der Waals surface area contributed by atoms with Gasteiger partial charge >= 0.3 is 0 Å². The van der Waals surface area contributed by atoms with Gasteiger partial charge in [-0.05, 0) is 43.9 Å². The third-order valence-corrected chi connectivity index (χ3v) is 5.75. The van der Waals surface area contributed by atoms with Crippen molar-refractivity contribution in [3.8, 4) is 0 Å². The van der Waals surface area contributed by atoms with E-state index < -0.39 is 0 Å². The quantitative estimate of drug-likeness (QED) is 0.681. The van der Waals surface area contributed by atoms with E-state index in [1.165, 1.54) is 12.8 Å². The number of likely N-dealkylation sites (tertiary alicyclic amines) is 1. The second-order valence-electron chi connectivity index (χ2n) is 7.62. The second-order valence-corrected chi connectivity index (χ2v) is 7.62. The predicted octanol–water partition coefficient (Wildman–Crippen LogP) is 2.82. The first-order chi connectivity index (χ1) is 13.8. The minimum Gasteiger partial charge on any atom is -0.356 e. The van der Waals surface area contributed by atoms with Gasteiger partial charge in [-0.1, -0.05) is 17.3 Å². The molecule has 2 fully saturated rings. The summed E-state index contributed by atoms with van der Waals surface area (Å²) in [4.78, 5) is 25.7. The summed E-state index contributed by atoms with van der Waals surface area (Å²) in [6, 6.07) is 10.7. The van der Waals surface area contributed by atoms with Gasteiger partial charge in [-0.3, -0.25) is 4.79 Å². The van der Waals surface area contributed by atoms with Gasteiger partial charge in [0.05, 0.1) is 6.42 Å². The molecule has 2 aromatic heterocycles. The van der Waals surface area contributed by atoms with Gasteiger partial charge in [-0.15, -0.1) is 0 Å². The molecule has 1 aliphatic carbocycles. The zero-order valence-corrected chi connectivity index (χ0v) is 15.7. The smallest absolute Gasteiger partial charge is 0.228 e. The van der Waals surface area contributed by atoms with Crippen molar-refractivity contribution in [2.75, 3.05) is 18.0 Å². The first-order valence-corrected chi connectivity index (χ1v) is 9.95. The summed E-state index contributed by atoms with van der Waals surface area (Å²) >= 11 is 0. The number of hydrogen-bond donors (Lipinski definition) is 0. The van der Waals surface area contributed by atoms with Crippen LogP contribution in [0.25, 0.3) is 11.0 Å². The highest BCUT2D eigenvalue weighted by Gasteiger charge is 2.37. The molecule has 1 aromatic carbocycles. The fourth-order valence-corrected chi connectivity index (χ4v) is 4.18. The van der Waals surface area contributed by atoms with E-state index in [1.54, 1.807) is 12.5 Å². The summed E-state index contributed by atoms with van der Waals surface area (Å²) < 4.78 is 5.33. The standard InChI is InChI=1S/C21H23N5O2/c27-21(13-18-17-3-1-2-4-19(17)28-24-18)25-11-8-16(9-12-25)26(15-5-6-15)20-7-10-22-14-23-20/h1-4,7,10,14-16H,5-6,8-9,11-13H2. The highest BCUT2D eigenvalue weighted by atomic mass is 16.5. The van der Waals surface area contributed by atoms with Crippen molar-refractivity contribution in [3.05, 3.63) is 48.5 Å². The lowest BCUT2D eigenvalue weighted by atomic mass is 10.0. The maximum Gasteiger partial charge on any atom is 0.228 e. The largest absolute Gasteiger partial charge is 0.356 e. The Labute approximate surface area is 163 Å². The van der Waals surface area contributed by atoms with Crippen molar-refractivity contribution in [1.29, 1.82) is 0 Å². The molecule has 1 amide bonds. The molecule has 0 spiro atoms. The third kappa shape index (κ3) is 3.32. The van der Waals surface area contributed by atoms with E-state index >= 15 is 0 Å². The Kier molecular flexibility index (Phi) is 4.43. The van der Waals surface area contributed by atoms with E-state index in [-0.39, 0.29) is 5.91 Å². The molecule has 1 saturated heterocycles. The van der Waals surface area contributed by atoms with Gasteiger partial charge in [0.25, 0.3) is 0 Å². The summed E-state index contributed by atoms with van der Waals surface area (Å²) in [5, 5.41) is 5.02. The van der Waals surface area contributed by atoms with Crippen LogP contribution in [0.5, 0.6) is 0 Å². The van der Waals surface area contributed by atoms with Crippen LogP contribution in [0, 0.1) is 0 Å². The van der Waals surface area contributed by atoms with Gasteiger partial charge in [0.1, 0.15) is 17.8 Å². The van der Waals surface area contributed by atoms with Crippen LogP contribution in [0.2, 0.25) is 0 Å². The Bertz CT molecular complexity index is 961. The Morgan fingerprint density at radius 1 is 1.11 bits per heavy atom. The maximum absolute atomic E-state index is 12.8. The molecule has 0 bridgehead atoms. The number of aromatic nitrogens is 3. The Balaban J connectivity index is 1.23. The number of nitrogens with zero attached hydrogens (tertiary/aromatic N) is 5. The van der Waals surface area contributed by atoms with Crippen molar-refractivity contribution in [2.24, 2.45) is 0 Å². The number of amides is 1. The van der Waals surface area contributed by atoms with E-state index in [2.05, 4.69) is 20.0 Å². The van der Waals surface area contributed by atoms with Gasteiger partial charge in [-0.25, -0.2) is 9.97 Å². The van der Waals surface area contributed by atoms with Gasteiger partial charge in [-0.2, -0.15) is 0 Å². The van der Waals surface area contributed by atoms with Gasteiger partial charge in [0.15, 0.2) is 5.58 Å². The number of piperidine rings is 1. The SMILES string of the molecule is O=C(Cc1noc2ccccc12)N1CCC(N(c2ccncn2)C2CC2)CC1. The van der Waals surface area contributed by atoms with Gasteiger partial charge < -0.3 is 14.3 Å². The molecule has 0 N–H and O–H groups in total. The van der Waals surface area contributed by atoms with Crippen LogP contribution in [0.3, 0.4) is 0 Å². The van der Waals surface area contributed by atoms with Crippen LogP contribution in [0.1, 0.15) is 31.4 Å². The summed E-state index contributed by atoms with van der Waals surface area (Å²) in [5.74, 6) is 1.13. The van der Waals surface area contributed by atoms with E-state index in [0.29, 0.717) is 18.5 Å². The number of fused-ring (bicyclic) bond motifs is 1. The molecule has 0 unspecified atom stereocenters. The molecule has 0 radical (unpaired) electrons. The summed E-state index contributed by atoms with van der Waals surface area (Å²) in [7, 11) is 0. The summed E-state index contributed by atoms with van der Waals surface area (Å²) in [5.41, 5.74) is 1.46. The summed E-state index contributed by atoms with van der Waals surface area (Å²) in [6.45, 7) is 1.54. The lowest BCUT2D eigenvalue weighted by molar-refractivity contribution is -0.131. The van der Waals surface area contributed by atoms with E-state index in [0.717, 1.165) is 48.4 Å². The maximum atomic E-state index is 12.8. The Morgan fingerprint density at radius 2 is 1.89 bits per heavy atom. The number of carbonyl (C=O) groups excluding carboxylic acids is 1. The number of anilines is 1. The molecule has 7 heteroatoms. The van der Waals surface area contributed by atoms with Crippen LogP contribution in [-0.2, 0) is 11.2 Å². The third-order valence-electron chi connectivity index (χ3n) is 5.75.